The maximum absolute atomic E-state index is 13.2. The summed E-state index contributed by atoms with van der Waals surface area (Å²) in [4.78, 5) is 25.2. The number of rotatable bonds is 5. The van der Waals surface area contributed by atoms with E-state index in [0.29, 0.717) is 24.7 Å². The van der Waals surface area contributed by atoms with Crippen LogP contribution in [0.25, 0.3) is 0 Å². The Morgan fingerprint density at radius 1 is 1.03 bits per heavy atom. The lowest BCUT2D eigenvalue weighted by Crippen LogP contribution is -2.59. The maximum Gasteiger partial charge on any atom is 0.159 e. The molecule has 4 aliphatic carbocycles. The first-order valence-electron chi connectivity index (χ1n) is 12.5. The second kappa shape index (κ2) is 7.57. The fraction of sp³-hybridized carbons (Fsp3) is 0.852. The summed E-state index contributed by atoms with van der Waals surface area (Å²) in [5.41, 5.74) is -0.114. The monoisotopic (exact) mass is 414 g/mol. The zero-order valence-corrected chi connectivity index (χ0v) is 19.8. The van der Waals surface area contributed by atoms with Crippen molar-refractivity contribution in [3.8, 4) is 0 Å². The highest BCUT2D eigenvalue weighted by Gasteiger charge is 2.66. The van der Waals surface area contributed by atoms with Gasteiger partial charge in [-0.15, -0.1) is 0 Å². The largest absolute Gasteiger partial charge is 0.385 e. The quantitative estimate of drug-likeness (QED) is 0.610. The van der Waals surface area contributed by atoms with Gasteiger partial charge < -0.3 is 5.11 Å². The van der Waals surface area contributed by atoms with Crippen molar-refractivity contribution in [2.24, 2.45) is 40.4 Å². The predicted molar refractivity (Wildman–Crippen MR) is 120 cm³/mol. The molecule has 168 valence electrons. The van der Waals surface area contributed by atoms with Crippen molar-refractivity contribution in [2.75, 3.05) is 0 Å². The number of Topliss-reactive ketones (excluding diaryl/α,β-unsaturated/α-hetero) is 1. The SMILES string of the molecule is CC(C)CCC[C@@H](C)[C@H]1CC[C@@]2(O)C3=CC(=O)[C@@H]4CC(=O)CC[C@]4(C)[C@H]3CC[C@]12C. The van der Waals surface area contributed by atoms with Crippen molar-refractivity contribution >= 4 is 11.6 Å². The molecular formula is C27H42O3. The van der Waals surface area contributed by atoms with Crippen LogP contribution in [-0.2, 0) is 9.59 Å². The lowest BCUT2D eigenvalue weighted by molar-refractivity contribution is -0.144. The fourth-order valence-electron chi connectivity index (χ4n) is 8.14. The Balaban J connectivity index is 1.62. The van der Waals surface area contributed by atoms with E-state index in [4.69, 9.17) is 0 Å². The van der Waals surface area contributed by atoms with Gasteiger partial charge in [-0.3, -0.25) is 9.59 Å². The van der Waals surface area contributed by atoms with Crippen molar-refractivity contribution in [1.29, 1.82) is 0 Å². The molecule has 0 spiro atoms. The van der Waals surface area contributed by atoms with Gasteiger partial charge in [0.15, 0.2) is 5.78 Å². The highest BCUT2D eigenvalue weighted by Crippen LogP contribution is 2.68. The molecule has 0 radical (unpaired) electrons. The van der Waals surface area contributed by atoms with E-state index < -0.39 is 5.60 Å². The highest BCUT2D eigenvalue weighted by molar-refractivity contribution is 5.98. The van der Waals surface area contributed by atoms with E-state index >= 15 is 0 Å². The Bertz CT molecular complexity index is 751. The molecule has 3 heteroatoms. The normalized spacial score (nSPS) is 44.4. The third kappa shape index (κ3) is 3.17. The van der Waals surface area contributed by atoms with Crippen molar-refractivity contribution in [3.05, 3.63) is 11.6 Å². The minimum Gasteiger partial charge on any atom is -0.385 e. The number of aliphatic hydroxyl groups is 1. The number of fused-ring (bicyclic) bond motifs is 5. The predicted octanol–water partition coefficient (Wildman–Crippen LogP) is 5.89. The van der Waals surface area contributed by atoms with E-state index in [1.165, 1.54) is 19.3 Å². The van der Waals surface area contributed by atoms with Crippen LogP contribution in [0.4, 0.5) is 0 Å². The van der Waals surface area contributed by atoms with Crippen LogP contribution in [0, 0.1) is 40.4 Å². The number of carbonyl (C=O) groups excluding carboxylic acids is 2. The lowest BCUT2D eigenvalue weighted by Gasteiger charge is -2.59. The van der Waals surface area contributed by atoms with Crippen LogP contribution < -0.4 is 0 Å². The molecule has 4 aliphatic rings. The van der Waals surface area contributed by atoms with Crippen molar-refractivity contribution in [2.45, 2.75) is 104 Å². The molecule has 0 unspecified atom stereocenters. The molecule has 0 bridgehead atoms. The molecule has 4 rings (SSSR count). The number of allylic oxidation sites excluding steroid dienone is 1. The maximum atomic E-state index is 13.2. The molecule has 0 amide bonds. The second-order valence-corrected chi connectivity index (χ2v) is 12.1. The summed E-state index contributed by atoms with van der Waals surface area (Å²) in [5, 5.41) is 12.2. The van der Waals surface area contributed by atoms with E-state index in [1.807, 2.05) is 0 Å². The molecule has 0 aromatic carbocycles. The summed E-state index contributed by atoms with van der Waals surface area (Å²) in [6.45, 7) is 11.5. The first kappa shape index (κ1) is 22.2. The van der Waals surface area contributed by atoms with E-state index in [0.717, 1.165) is 43.6 Å². The first-order valence-corrected chi connectivity index (χ1v) is 12.5. The molecule has 30 heavy (non-hydrogen) atoms. The Morgan fingerprint density at radius 2 is 1.77 bits per heavy atom. The molecule has 0 saturated heterocycles. The van der Waals surface area contributed by atoms with Gasteiger partial charge in [0.05, 0.1) is 5.60 Å². The van der Waals surface area contributed by atoms with Gasteiger partial charge in [0.1, 0.15) is 5.78 Å². The van der Waals surface area contributed by atoms with Crippen LogP contribution >= 0.6 is 0 Å². The molecule has 3 fully saturated rings. The van der Waals surface area contributed by atoms with Gasteiger partial charge in [0, 0.05) is 24.2 Å². The zero-order valence-electron chi connectivity index (χ0n) is 19.8. The number of carbonyl (C=O) groups is 2. The van der Waals surface area contributed by atoms with E-state index in [1.54, 1.807) is 6.08 Å². The Hall–Kier alpha value is -0.960. The fourth-order valence-corrected chi connectivity index (χ4v) is 8.14. The van der Waals surface area contributed by atoms with Crippen molar-refractivity contribution < 1.29 is 14.7 Å². The van der Waals surface area contributed by atoms with Crippen LogP contribution in [0.5, 0.6) is 0 Å². The van der Waals surface area contributed by atoms with Gasteiger partial charge in [0.2, 0.25) is 0 Å². The van der Waals surface area contributed by atoms with Crippen LogP contribution in [0.1, 0.15) is 98.8 Å². The number of ketones is 2. The molecular weight excluding hydrogens is 372 g/mol. The molecule has 0 aliphatic heterocycles. The second-order valence-electron chi connectivity index (χ2n) is 12.1. The van der Waals surface area contributed by atoms with Gasteiger partial charge in [-0.2, -0.15) is 0 Å². The number of hydrogen-bond acceptors (Lipinski definition) is 3. The summed E-state index contributed by atoms with van der Waals surface area (Å²) in [7, 11) is 0. The van der Waals surface area contributed by atoms with Gasteiger partial charge in [-0.1, -0.05) is 53.9 Å². The zero-order chi connectivity index (χ0) is 21.9. The Labute approximate surface area is 183 Å². The van der Waals surface area contributed by atoms with Crippen molar-refractivity contribution in [1.82, 2.24) is 0 Å². The summed E-state index contributed by atoms with van der Waals surface area (Å²) >= 11 is 0. The van der Waals surface area contributed by atoms with E-state index in [-0.39, 0.29) is 34.2 Å². The lowest BCUT2D eigenvalue weighted by atomic mass is 9.46. The topological polar surface area (TPSA) is 54.4 Å². The van der Waals surface area contributed by atoms with E-state index in [2.05, 4.69) is 34.6 Å². The van der Waals surface area contributed by atoms with Gasteiger partial charge in [0.25, 0.3) is 0 Å². The third-order valence-corrected chi connectivity index (χ3v) is 10.1. The smallest absolute Gasteiger partial charge is 0.159 e. The average Bonchev–Trinajstić information content (AvgIpc) is 2.95. The summed E-state index contributed by atoms with van der Waals surface area (Å²) < 4.78 is 0. The minimum atomic E-state index is -0.849. The Morgan fingerprint density at radius 3 is 2.47 bits per heavy atom. The Kier molecular flexibility index (Phi) is 5.61. The van der Waals surface area contributed by atoms with Crippen LogP contribution in [0.15, 0.2) is 11.6 Å². The number of hydrogen-bond donors (Lipinski definition) is 1. The van der Waals surface area contributed by atoms with Gasteiger partial charge >= 0.3 is 0 Å². The molecule has 7 atom stereocenters. The van der Waals surface area contributed by atoms with Crippen LogP contribution in [-0.4, -0.2) is 22.3 Å². The summed E-state index contributed by atoms with van der Waals surface area (Å²) in [6.07, 6.45) is 11.3. The third-order valence-electron chi connectivity index (χ3n) is 10.1. The average molecular weight is 415 g/mol. The first-order chi connectivity index (χ1) is 14.0. The van der Waals surface area contributed by atoms with Gasteiger partial charge in [-0.25, -0.2) is 0 Å². The molecule has 0 aromatic rings. The van der Waals surface area contributed by atoms with Crippen LogP contribution in [0.2, 0.25) is 0 Å². The molecule has 0 heterocycles. The standard InChI is InChI=1S/C27H42O3/c1-17(2)7-6-8-18(3)20-11-14-27(30)22-16-24(29)23-15-19(28)9-12-25(23,4)21(22)10-13-26(20,27)5/h16-18,20-21,23,30H,6-15H2,1-5H3/t18-,20-,21+,23+,25-,26-,27-/m1/s1. The molecule has 1 N–H and O–H groups in total. The molecule has 3 saturated carbocycles. The minimum absolute atomic E-state index is 0.0999. The highest BCUT2D eigenvalue weighted by atomic mass is 16.3. The van der Waals surface area contributed by atoms with Gasteiger partial charge in [-0.05, 0) is 72.8 Å². The molecule has 0 aromatic heterocycles. The molecule has 3 nitrogen and oxygen atoms in total. The van der Waals surface area contributed by atoms with Crippen LogP contribution in [0.3, 0.4) is 0 Å². The van der Waals surface area contributed by atoms with Crippen molar-refractivity contribution in [3.63, 3.8) is 0 Å². The summed E-state index contributed by atoms with van der Waals surface area (Å²) in [6, 6.07) is 0. The van der Waals surface area contributed by atoms with E-state index in [9.17, 15) is 14.7 Å². The summed E-state index contributed by atoms with van der Waals surface area (Å²) in [5.74, 6) is 2.29.